The van der Waals surface area contributed by atoms with Gasteiger partial charge in [0.05, 0.1) is 19.6 Å². The van der Waals surface area contributed by atoms with Crippen molar-refractivity contribution in [2.24, 2.45) is 11.8 Å². The first-order valence-corrected chi connectivity index (χ1v) is 6.88. The standard InChI is InChI=1S/C15H20N2O4/c1-10(15(19)20)11-7-17(8-11)9-14(18)16-12-3-5-13(21-2)6-4-12/h3-6,10-11H,7-9H2,1-2H3,(H,16,18)(H,19,20). The summed E-state index contributed by atoms with van der Waals surface area (Å²) in [6.45, 7) is 3.31. The molecule has 1 aromatic carbocycles. The van der Waals surface area contributed by atoms with Crippen LogP contribution in [0.15, 0.2) is 24.3 Å². The lowest BCUT2D eigenvalue weighted by Gasteiger charge is -2.40. The number of likely N-dealkylation sites (tertiary alicyclic amines) is 1. The van der Waals surface area contributed by atoms with Gasteiger partial charge in [-0.15, -0.1) is 0 Å². The Balaban J connectivity index is 1.74. The fourth-order valence-corrected chi connectivity index (χ4v) is 2.33. The van der Waals surface area contributed by atoms with Gasteiger partial charge in [-0.2, -0.15) is 0 Å². The molecule has 0 aliphatic carbocycles. The van der Waals surface area contributed by atoms with E-state index in [0.717, 1.165) is 11.4 Å². The maximum absolute atomic E-state index is 11.9. The van der Waals surface area contributed by atoms with Crippen molar-refractivity contribution in [1.29, 1.82) is 0 Å². The van der Waals surface area contributed by atoms with Gasteiger partial charge in [-0.3, -0.25) is 14.5 Å². The predicted octanol–water partition coefficient (Wildman–Crippen LogP) is 1.29. The minimum absolute atomic E-state index is 0.0957. The number of ether oxygens (including phenoxy) is 1. The first-order chi connectivity index (χ1) is 9.99. The van der Waals surface area contributed by atoms with Crippen LogP contribution in [0.3, 0.4) is 0 Å². The third-order valence-electron chi connectivity index (χ3n) is 3.82. The van der Waals surface area contributed by atoms with Crippen LogP contribution in [-0.4, -0.2) is 48.6 Å². The van der Waals surface area contributed by atoms with E-state index >= 15 is 0 Å². The molecule has 1 heterocycles. The number of carbonyl (C=O) groups excluding carboxylic acids is 1. The minimum Gasteiger partial charge on any atom is -0.497 e. The molecule has 21 heavy (non-hydrogen) atoms. The normalized spacial score (nSPS) is 16.9. The van der Waals surface area contributed by atoms with E-state index in [-0.39, 0.29) is 24.3 Å². The highest BCUT2D eigenvalue weighted by molar-refractivity contribution is 5.92. The van der Waals surface area contributed by atoms with E-state index in [1.54, 1.807) is 38.3 Å². The predicted molar refractivity (Wildman–Crippen MR) is 78.4 cm³/mol. The van der Waals surface area contributed by atoms with Crippen LogP contribution in [0.5, 0.6) is 5.75 Å². The Morgan fingerprint density at radius 1 is 1.38 bits per heavy atom. The highest BCUT2D eigenvalue weighted by Gasteiger charge is 2.35. The number of nitrogens with zero attached hydrogens (tertiary/aromatic N) is 1. The highest BCUT2D eigenvalue weighted by atomic mass is 16.5. The Morgan fingerprint density at radius 3 is 2.52 bits per heavy atom. The molecule has 0 aromatic heterocycles. The fourth-order valence-electron chi connectivity index (χ4n) is 2.33. The molecule has 0 radical (unpaired) electrons. The molecular weight excluding hydrogens is 272 g/mol. The molecule has 0 spiro atoms. The van der Waals surface area contributed by atoms with Crippen molar-refractivity contribution in [2.75, 3.05) is 32.1 Å². The van der Waals surface area contributed by atoms with Crippen LogP contribution in [0.4, 0.5) is 5.69 Å². The van der Waals surface area contributed by atoms with Crippen LogP contribution in [-0.2, 0) is 9.59 Å². The SMILES string of the molecule is COc1ccc(NC(=O)CN2CC(C(C)C(=O)O)C2)cc1. The van der Waals surface area contributed by atoms with Gasteiger partial charge in [0.2, 0.25) is 5.91 Å². The first-order valence-electron chi connectivity index (χ1n) is 6.88. The smallest absolute Gasteiger partial charge is 0.306 e. The molecule has 1 atom stereocenters. The molecule has 1 fully saturated rings. The molecule has 1 aliphatic heterocycles. The molecule has 114 valence electrons. The van der Waals surface area contributed by atoms with Gasteiger partial charge in [-0.05, 0) is 30.2 Å². The topological polar surface area (TPSA) is 78.9 Å². The molecule has 1 aromatic rings. The number of anilines is 1. The van der Waals surface area contributed by atoms with E-state index in [9.17, 15) is 9.59 Å². The molecule has 6 nitrogen and oxygen atoms in total. The first kappa shape index (κ1) is 15.3. The largest absolute Gasteiger partial charge is 0.497 e. The number of methoxy groups -OCH3 is 1. The zero-order valence-electron chi connectivity index (χ0n) is 12.2. The lowest BCUT2D eigenvalue weighted by molar-refractivity contribution is -0.145. The highest BCUT2D eigenvalue weighted by Crippen LogP contribution is 2.23. The van der Waals surface area contributed by atoms with E-state index < -0.39 is 5.97 Å². The number of aliphatic carboxylic acids is 1. The molecule has 1 unspecified atom stereocenters. The number of carboxylic acids is 1. The van der Waals surface area contributed by atoms with Crippen molar-refractivity contribution in [1.82, 2.24) is 4.90 Å². The van der Waals surface area contributed by atoms with Gasteiger partial charge in [-0.1, -0.05) is 6.92 Å². The summed E-state index contributed by atoms with van der Waals surface area (Å²) in [7, 11) is 1.59. The Kier molecular flexibility index (Phi) is 4.80. The van der Waals surface area contributed by atoms with Crippen LogP contribution in [0.25, 0.3) is 0 Å². The van der Waals surface area contributed by atoms with Crippen molar-refractivity contribution < 1.29 is 19.4 Å². The van der Waals surface area contributed by atoms with Crippen molar-refractivity contribution in [3.63, 3.8) is 0 Å². The Bertz CT molecular complexity index is 509. The third-order valence-corrected chi connectivity index (χ3v) is 3.82. The average Bonchev–Trinajstić information content (AvgIpc) is 2.42. The molecule has 2 rings (SSSR count). The van der Waals surface area contributed by atoms with Gasteiger partial charge in [0.25, 0.3) is 0 Å². The van der Waals surface area contributed by atoms with E-state index in [0.29, 0.717) is 13.1 Å². The minimum atomic E-state index is -0.776. The van der Waals surface area contributed by atoms with Gasteiger partial charge in [0.15, 0.2) is 0 Å². The molecule has 1 aliphatic rings. The van der Waals surface area contributed by atoms with Crippen LogP contribution < -0.4 is 10.1 Å². The van der Waals surface area contributed by atoms with Crippen molar-refractivity contribution in [3.8, 4) is 5.75 Å². The monoisotopic (exact) mass is 292 g/mol. The number of hydrogen-bond donors (Lipinski definition) is 2. The quantitative estimate of drug-likeness (QED) is 0.826. The second-order valence-electron chi connectivity index (χ2n) is 5.36. The van der Waals surface area contributed by atoms with E-state index in [2.05, 4.69) is 5.32 Å². The molecule has 2 N–H and O–H groups in total. The number of amides is 1. The lowest BCUT2D eigenvalue weighted by atomic mass is 9.87. The number of hydrogen-bond acceptors (Lipinski definition) is 4. The summed E-state index contributed by atoms with van der Waals surface area (Å²) in [5, 5.41) is 11.7. The summed E-state index contributed by atoms with van der Waals surface area (Å²) in [4.78, 5) is 24.7. The maximum Gasteiger partial charge on any atom is 0.306 e. The maximum atomic E-state index is 11.9. The van der Waals surface area contributed by atoms with Crippen LogP contribution in [0.2, 0.25) is 0 Å². The Labute approximate surface area is 123 Å². The summed E-state index contributed by atoms with van der Waals surface area (Å²) < 4.78 is 5.05. The fraction of sp³-hybridized carbons (Fsp3) is 0.467. The average molecular weight is 292 g/mol. The lowest BCUT2D eigenvalue weighted by Crippen LogP contribution is -2.53. The van der Waals surface area contributed by atoms with Crippen LogP contribution >= 0.6 is 0 Å². The van der Waals surface area contributed by atoms with E-state index in [4.69, 9.17) is 9.84 Å². The second-order valence-corrected chi connectivity index (χ2v) is 5.36. The second kappa shape index (κ2) is 6.58. The number of rotatable bonds is 6. The van der Waals surface area contributed by atoms with Crippen LogP contribution in [0, 0.1) is 11.8 Å². The zero-order chi connectivity index (χ0) is 15.4. The van der Waals surface area contributed by atoms with Gasteiger partial charge in [-0.25, -0.2) is 0 Å². The van der Waals surface area contributed by atoms with Gasteiger partial charge in [0.1, 0.15) is 5.75 Å². The number of nitrogens with one attached hydrogen (secondary N) is 1. The van der Waals surface area contributed by atoms with Gasteiger partial charge < -0.3 is 15.2 Å². The Morgan fingerprint density at radius 2 is 2.00 bits per heavy atom. The molecular formula is C15H20N2O4. The van der Waals surface area contributed by atoms with Crippen molar-refractivity contribution >= 4 is 17.6 Å². The molecule has 0 saturated carbocycles. The third kappa shape index (κ3) is 3.95. The zero-order valence-corrected chi connectivity index (χ0v) is 12.2. The van der Waals surface area contributed by atoms with Crippen molar-refractivity contribution in [2.45, 2.75) is 6.92 Å². The summed E-state index contributed by atoms with van der Waals surface area (Å²) >= 11 is 0. The molecule has 1 amide bonds. The number of benzene rings is 1. The molecule has 6 heteroatoms. The molecule has 0 bridgehead atoms. The molecule has 1 saturated heterocycles. The summed E-state index contributed by atoms with van der Waals surface area (Å²) in [6.07, 6.45) is 0. The van der Waals surface area contributed by atoms with E-state index in [1.807, 2.05) is 4.90 Å². The van der Waals surface area contributed by atoms with Gasteiger partial charge >= 0.3 is 5.97 Å². The van der Waals surface area contributed by atoms with Crippen molar-refractivity contribution in [3.05, 3.63) is 24.3 Å². The summed E-state index contributed by atoms with van der Waals surface area (Å²) in [5.74, 6) is -0.354. The van der Waals surface area contributed by atoms with Crippen LogP contribution in [0.1, 0.15) is 6.92 Å². The summed E-state index contributed by atoms with van der Waals surface area (Å²) in [6, 6.07) is 7.12. The van der Waals surface area contributed by atoms with E-state index in [1.165, 1.54) is 0 Å². The number of carbonyl (C=O) groups is 2. The Hall–Kier alpha value is -2.08. The summed E-state index contributed by atoms with van der Waals surface area (Å²) in [5.41, 5.74) is 0.719. The number of carboxylic acid groups (broad SMARTS) is 1. The van der Waals surface area contributed by atoms with Gasteiger partial charge in [0, 0.05) is 18.8 Å².